The Morgan fingerprint density at radius 1 is 1.37 bits per heavy atom. The van der Waals surface area contributed by atoms with Crippen LogP contribution in [0.4, 0.5) is 0 Å². The van der Waals surface area contributed by atoms with Crippen LogP contribution >= 0.6 is 0 Å². The molecule has 0 radical (unpaired) electrons. The molecule has 19 heavy (non-hydrogen) atoms. The van der Waals surface area contributed by atoms with Crippen LogP contribution in [-0.4, -0.2) is 36.1 Å². The molecule has 1 aromatic rings. The van der Waals surface area contributed by atoms with E-state index < -0.39 is 5.97 Å². The summed E-state index contributed by atoms with van der Waals surface area (Å²) in [6.07, 6.45) is 1.38. The largest absolute Gasteiger partial charge is 0.481 e. The minimum Gasteiger partial charge on any atom is -0.481 e. The maximum absolute atomic E-state index is 10.9. The van der Waals surface area contributed by atoms with E-state index in [1.807, 2.05) is 13.8 Å². The second-order valence-corrected chi connectivity index (χ2v) is 6.32. The number of likely N-dealkylation sites (N-methyl/N-ethyl adjacent to an activating group) is 1. The maximum Gasteiger partial charge on any atom is 0.304 e. The number of aliphatic carboxylic acids is 1. The lowest BCUT2D eigenvalue weighted by Gasteiger charge is -2.23. The highest BCUT2D eigenvalue weighted by molar-refractivity contribution is 5.68. The Morgan fingerprint density at radius 2 is 2.00 bits per heavy atom. The van der Waals surface area contributed by atoms with E-state index in [1.54, 1.807) is 0 Å². The van der Waals surface area contributed by atoms with Crippen molar-refractivity contribution in [2.45, 2.75) is 38.0 Å². The summed E-state index contributed by atoms with van der Waals surface area (Å²) in [6.45, 7) is 6.26. The Morgan fingerprint density at radius 3 is 2.47 bits per heavy atom. The van der Waals surface area contributed by atoms with E-state index in [2.05, 4.69) is 36.2 Å². The fraction of sp³-hybridized carbons (Fsp3) is 0.562. The van der Waals surface area contributed by atoms with Gasteiger partial charge in [-0.25, -0.2) is 0 Å². The van der Waals surface area contributed by atoms with Crippen LogP contribution in [0.3, 0.4) is 0 Å². The fourth-order valence-electron chi connectivity index (χ4n) is 2.89. The zero-order valence-electron chi connectivity index (χ0n) is 12.0. The zero-order chi connectivity index (χ0) is 14.0. The molecule has 3 heteroatoms. The molecule has 3 nitrogen and oxygen atoms in total. The standard InChI is InChI=1S/C16H23NO2/c1-16(2,10-15(18)19)14-6-4-12(5-7-14)13-8-9-17(3)11-13/h4-7,13H,8-11H2,1-3H3,(H,18,19). The lowest BCUT2D eigenvalue weighted by molar-refractivity contribution is -0.138. The first-order chi connectivity index (χ1) is 8.88. The predicted octanol–water partition coefficient (Wildman–Crippen LogP) is 2.86. The van der Waals surface area contributed by atoms with Crippen molar-refractivity contribution in [1.29, 1.82) is 0 Å². The summed E-state index contributed by atoms with van der Waals surface area (Å²) in [5, 5.41) is 8.96. The Hall–Kier alpha value is -1.35. The number of likely N-dealkylation sites (tertiary alicyclic amines) is 1. The Kier molecular flexibility index (Phi) is 3.95. The Labute approximate surface area is 115 Å². The van der Waals surface area contributed by atoms with Crippen molar-refractivity contribution in [3.8, 4) is 0 Å². The van der Waals surface area contributed by atoms with E-state index in [0.29, 0.717) is 5.92 Å². The number of rotatable bonds is 4. The molecular formula is C16H23NO2. The molecule has 1 N–H and O–H groups in total. The normalized spacial score (nSPS) is 20.7. The van der Waals surface area contributed by atoms with Gasteiger partial charge in [0.15, 0.2) is 0 Å². The first kappa shape index (κ1) is 14.1. The molecule has 1 saturated heterocycles. The van der Waals surface area contributed by atoms with Gasteiger partial charge in [0.05, 0.1) is 6.42 Å². The number of carbonyl (C=O) groups is 1. The second kappa shape index (κ2) is 5.33. The van der Waals surface area contributed by atoms with E-state index in [9.17, 15) is 4.79 Å². The average molecular weight is 261 g/mol. The van der Waals surface area contributed by atoms with Gasteiger partial charge in [0.2, 0.25) is 0 Å². The molecule has 0 aromatic heterocycles. The van der Waals surface area contributed by atoms with E-state index >= 15 is 0 Å². The Balaban J connectivity index is 2.12. The van der Waals surface area contributed by atoms with Crippen molar-refractivity contribution in [2.75, 3.05) is 20.1 Å². The summed E-state index contributed by atoms with van der Waals surface area (Å²) in [7, 11) is 2.16. The molecule has 0 bridgehead atoms. The maximum atomic E-state index is 10.9. The number of carboxylic acid groups (broad SMARTS) is 1. The third-order valence-corrected chi connectivity index (χ3v) is 4.15. The molecule has 1 aromatic carbocycles. The third-order valence-electron chi connectivity index (χ3n) is 4.15. The van der Waals surface area contributed by atoms with Crippen LogP contribution in [0.5, 0.6) is 0 Å². The number of carboxylic acids is 1. The third kappa shape index (κ3) is 3.35. The fourth-order valence-corrected chi connectivity index (χ4v) is 2.89. The molecular weight excluding hydrogens is 238 g/mol. The van der Waals surface area contributed by atoms with Gasteiger partial charge in [0, 0.05) is 12.0 Å². The highest BCUT2D eigenvalue weighted by atomic mass is 16.4. The van der Waals surface area contributed by atoms with Gasteiger partial charge in [-0.1, -0.05) is 38.1 Å². The minimum atomic E-state index is -0.744. The summed E-state index contributed by atoms with van der Waals surface area (Å²) >= 11 is 0. The lowest BCUT2D eigenvalue weighted by atomic mass is 9.81. The SMILES string of the molecule is CN1CCC(c2ccc(C(C)(C)CC(=O)O)cc2)C1. The number of hydrogen-bond acceptors (Lipinski definition) is 2. The van der Waals surface area contributed by atoms with Gasteiger partial charge in [0.25, 0.3) is 0 Å². The van der Waals surface area contributed by atoms with Gasteiger partial charge >= 0.3 is 5.97 Å². The smallest absolute Gasteiger partial charge is 0.304 e. The summed E-state index contributed by atoms with van der Waals surface area (Å²) in [4.78, 5) is 13.2. The minimum absolute atomic E-state index is 0.165. The molecule has 0 saturated carbocycles. The monoisotopic (exact) mass is 261 g/mol. The highest BCUT2D eigenvalue weighted by Crippen LogP contribution is 2.31. The molecule has 0 amide bonds. The quantitative estimate of drug-likeness (QED) is 0.906. The summed E-state index contributed by atoms with van der Waals surface area (Å²) < 4.78 is 0. The molecule has 104 valence electrons. The van der Waals surface area contributed by atoms with Crippen molar-refractivity contribution < 1.29 is 9.90 Å². The van der Waals surface area contributed by atoms with Crippen molar-refractivity contribution in [3.05, 3.63) is 35.4 Å². The topological polar surface area (TPSA) is 40.5 Å². The van der Waals surface area contributed by atoms with Gasteiger partial charge in [-0.05, 0) is 37.1 Å². The number of hydrogen-bond donors (Lipinski definition) is 1. The molecule has 2 rings (SSSR count). The summed E-state index contributed by atoms with van der Waals surface area (Å²) in [5.74, 6) is -0.117. The van der Waals surface area contributed by atoms with Crippen molar-refractivity contribution in [2.24, 2.45) is 0 Å². The van der Waals surface area contributed by atoms with Gasteiger partial charge in [0.1, 0.15) is 0 Å². The summed E-state index contributed by atoms with van der Waals surface area (Å²) in [5.41, 5.74) is 2.17. The average Bonchev–Trinajstić information content (AvgIpc) is 2.74. The second-order valence-electron chi connectivity index (χ2n) is 6.32. The molecule has 1 aliphatic rings. The highest BCUT2D eigenvalue weighted by Gasteiger charge is 2.25. The molecule has 1 fully saturated rings. The van der Waals surface area contributed by atoms with Crippen LogP contribution in [0, 0.1) is 0 Å². The molecule has 1 unspecified atom stereocenters. The first-order valence-corrected chi connectivity index (χ1v) is 6.89. The number of benzene rings is 1. The lowest BCUT2D eigenvalue weighted by Crippen LogP contribution is -2.21. The van der Waals surface area contributed by atoms with Crippen LogP contribution in [-0.2, 0) is 10.2 Å². The van der Waals surface area contributed by atoms with Crippen molar-refractivity contribution in [3.63, 3.8) is 0 Å². The van der Waals surface area contributed by atoms with Crippen LogP contribution in [0.15, 0.2) is 24.3 Å². The van der Waals surface area contributed by atoms with Crippen molar-refractivity contribution >= 4 is 5.97 Å². The van der Waals surface area contributed by atoms with E-state index in [4.69, 9.17) is 5.11 Å². The molecule has 1 aliphatic heterocycles. The van der Waals surface area contributed by atoms with Gasteiger partial charge < -0.3 is 10.0 Å². The van der Waals surface area contributed by atoms with Crippen LogP contribution in [0.25, 0.3) is 0 Å². The van der Waals surface area contributed by atoms with E-state index in [1.165, 1.54) is 12.0 Å². The Bertz CT molecular complexity index is 450. The van der Waals surface area contributed by atoms with Gasteiger partial charge in [-0.2, -0.15) is 0 Å². The molecule has 1 heterocycles. The van der Waals surface area contributed by atoms with Gasteiger partial charge in [-0.15, -0.1) is 0 Å². The predicted molar refractivity (Wildman–Crippen MR) is 76.6 cm³/mol. The van der Waals surface area contributed by atoms with Crippen LogP contribution < -0.4 is 0 Å². The summed E-state index contributed by atoms with van der Waals surface area (Å²) in [6, 6.07) is 8.53. The van der Waals surface area contributed by atoms with Crippen LogP contribution in [0.2, 0.25) is 0 Å². The molecule has 0 aliphatic carbocycles. The van der Waals surface area contributed by atoms with Crippen LogP contribution in [0.1, 0.15) is 43.7 Å². The van der Waals surface area contributed by atoms with Gasteiger partial charge in [-0.3, -0.25) is 4.79 Å². The van der Waals surface area contributed by atoms with E-state index in [0.717, 1.165) is 18.7 Å². The molecule has 1 atom stereocenters. The molecule has 0 spiro atoms. The number of nitrogens with zero attached hydrogens (tertiary/aromatic N) is 1. The first-order valence-electron chi connectivity index (χ1n) is 6.89. The van der Waals surface area contributed by atoms with Crippen molar-refractivity contribution in [1.82, 2.24) is 4.90 Å². The zero-order valence-corrected chi connectivity index (χ0v) is 12.0. The van der Waals surface area contributed by atoms with E-state index in [-0.39, 0.29) is 11.8 Å².